The van der Waals surface area contributed by atoms with Gasteiger partial charge >= 0.3 is 0 Å². The van der Waals surface area contributed by atoms with E-state index in [1.54, 1.807) is 0 Å². The molecule has 1 aliphatic heterocycles. The highest BCUT2D eigenvalue weighted by Crippen LogP contribution is 2.21. The molecule has 6 nitrogen and oxygen atoms in total. The normalized spacial score (nSPS) is 13.5. The fraction of sp³-hybridized carbons (Fsp3) is 0.625. The van der Waals surface area contributed by atoms with Gasteiger partial charge in [-0.15, -0.1) is 17.9 Å². The lowest BCUT2D eigenvalue weighted by Gasteiger charge is -2.22. The number of terminal acetylenes is 1. The zero-order valence-electron chi connectivity index (χ0n) is 13.9. The summed E-state index contributed by atoms with van der Waals surface area (Å²) in [5, 5.41) is 20.6. The van der Waals surface area contributed by atoms with Crippen molar-refractivity contribution >= 4 is 11.5 Å². The average Bonchev–Trinajstić information content (AvgIpc) is 3.12. The van der Waals surface area contributed by atoms with Crippen LogP contribution < -0.4 is 16.0 Å². The summed E-state index contributed by atoms with van der Waals surface area (Å²) in [6, 6.07) is 2.03. The Bertz CT molecular complexity index is 428. The summed E-state index contributed by atoms with van der Waals surface area (Å²) in [5.41, 5.74) is 5.48. The van der Waals surface area contributed by atoms with Crippen LogP contribution in [0.5, 0.6) is 0 Å². The second-order valence-corrected chi connectivity index (χ2v) is 5.67. The molecule has 4 N–H and O–H groups in total. The molecular formula is C16H29N5O. The molecule has 1 aliphatic rings. The summed E-state index contributed by atoms with van der Waals surface area (Å²) >= 11 is 0. The molecule has 0 spiro atoms. The van der Waals surface area contributed by atoms with E-state index in [9.17, 15) is 5.11 Å². The van der Waals surface area contributed by atoms with E-state index in [0.717, 1.165) is 24.6 Å². The van der Waals surface area contributed by atoms with Crippen LogP contribution in [0.25, 0.3) is 0 Å². The van der Waals surface area contributed by atoms with Gasteiger partial charge in [0.25, 0.3) is 0 Å². The summed E-state index contributed by atoms with van der Waals surface area (Å²) in [4.78, 5) is 2.33. The van der Waals surface area contributed by atoms with Crippen molar-refractivity contribution in [1.29, 1.82) is 0 Å². The smallest absolute Gasteiger partial charge is 0.150 e. The Labute approximate surface area is 134 Å². The number of aliphatic hydroxyl groups excluding tert-OH is 1. The highest BCUT2D eigenvalue weighted by molar-refractivity contribution is 5.52. The van der Waals surface area contributed by atoms with Gasteiger partial charge in [-0.25, -0.2) is 0 Å². The molecule has 0 unspecified atom stereocenters. The zero-order chi connectivity index (χ0) is 17.0. The molecule has 1 aromatic heterocycles. The van der Waals surface area contributed by atoms with Crippen LogP contribution >= 0.6 is 0 Å². The van der Waals surface area contributed by atoms with Crippen molar-refractivity contribution in [3.63, 3.8) is 0 Å². The lowest BCUT2D eigenvalue weighted by molar-refractivity contribution is 0.170. The standard InChI is InChI=1S/C13H22N4O.C2H2.CH5N/c1-13(2,10-18)9-14-12-7-11(8-15-16-12)17-5-3-4-6-17;2*1-2/h7-8,18H,3-6,9-10H2,1-2H3,(H,14,16);1-2H;2H2,1H3. The van der Waals surface area contributed by atoms with Gasteiger partial charge in [-0.1, -0.05) is 13.8 Å². The number of nitrogens with one attached hydrogen (secondary N) is 1. The molecule has 1 fully saturated rings. The highest BCUT2D eigenvalue weighted by atomic mass is 16.3. The molecule has 1 aromatic rings. The largest absolute Gasteiger partial charge is 0.396 e. The molecule has 0 atom stereocenters. The second kappa shape index (κ2) is 10.8. The van der Waals surface area contributed by atoms with E-state index >= 15 is 0 Å². The monoisotopic (exact) mass is 307 g/mol. The summed E-state index contributed by atoms with van der Waals surface area (Å²) in [7, 11) is 1.50. The van der Waals surface area contributed by atoms with E-state index in [2.05, 4.69) is 39.0 Å². The van der Waals surface area contributed by atoms with Crippen molar-refractivity contribution in [1.82, 2.24) is 10.2 Å². The van der Waals surface area contributed by atoms with Crippen molar-refractivity contribution in [2.45, 2.75) is 26.7 Å². The van der Waals surface area contributed by atoms with Crippen LogP contribution in [0.2, 0.25) is 0 Å². The predicted octanol–water partition coefficient (Wildman–Crippen LogP) is 1.33. The lowest BCUT2D eigenvalue weighted by Crippen LogP contribution is -2.27. The van der Waals surface area contributed by atoms with Crippen molar-refractivity contribution in [2.24, 2.45) is 11.1 Å². The third-order valence-corrected chi connectivity index (χ3v) is 3.29. The summed E-state index contributed by atoms with van der Waals surface area (Å²) in [6.45, 7) is 7.07. The molecule has 0 bridgehead atoms. The number of nitrogens with two attached hydrogens (primary N) is 1. The lowest BCUT2D eigenvalue weighted by atomic mass is 9.95. The van der Waals surface area contributed by atoms with Gasteiger partial charge in [0, 0.05) is 37.7 Å². The van der Waals surface area contributed by atoms with Crippen LogP contribution in [0.1, 0.15) is 26.7 Å². The Morgan fingerprint density at radius 1 is 1.32 bits per heavy atom. The molecule has 2 rings (SSSR count). The maximum atomic E-state index is 9.21. The fourth-order valence-electron chi connectivity index (χ4n) is 1.98. The predicted molar refractivity (Wildman–Crippen MR) is 92.8 cm³/mol. The first kappa shape index (κ1) is 20.2. The molecule has 0 amide bonds. The van der Waals surface area contributed by atoms with Crippen molar-refractivity contribution < 1.29 is 5.11 Å². The van der Waals surface area contributed by atoms with Crippen LogP contribution in [-0.4, -0.2) is 48.6 Å². The Balaban J connectivity index is 0.00000102. The number of aliphatic hydroxyl groups is 1. The van der Waals surface area contributed by atoms with Gasteiger partial charge in [0.2, 0.25) is 0 Å². The minimum absolute atomic E-state index is 0.147. The van der Waals surface area contributed by atoms with Gasteiger partial charge < -0.3 is 21.1 Å². The number of hydrogen-bond acceptors (Lipinski definition) is 6. The SMILES string of the molecule is C#C.CC(C)(CO)CNc1cc(N2CCCC2)cnn1.CN. The van der Waals surface area contributed by atoms with Gasteiger partial charge in [0.15, 0.2) is 5.82 Å². The minimum Gasteiger partial charge on any atom is -0.396 e. The molecule has 22 heavy (non-hydrogen) atoms. The number of rotatable bonds is 5. The first-order valence-corrected chi connectivity index (χ1v) is 7.44. The minimum atomic E-state index is -0.147. The van der Waals surface area contributed by atoms with E-state index < -0.39 is 0 Å². The van der Waals surface area contributed by atoms with E-state index in [1.165, 1.54) is 19.9 Å². The van der Waals surface area contributed by atoms with Crippen molar-refractivity contribution in [2.75, 3.05) is 43.5 Å². The molecule has 0 aliphatic carbocycles. The Morgan fingerprint density at radius 3 is 2.45 bits per heavy atom. The molecule has 2 heterocycles. The molecule has 124 valence electrons. The van der Waals surface area contributed by atoms with Crippen molar-refractivity contribution in [3.05, 3.63) is 12.3 Å². The van der Waals surface area contributed by atoms with Crippen molar-refractivity contribution in [3.8, 4) is 12.8 Å². The maximum absolute atomic E-state index is 9.21. The Hall–Kier alpha value is -1.84. The topological polar surface area (TPSA) is 87.3 Å². The molecule has 1 saturated heterocycles. The summed E-state index contributed by atoms with van der Waals surface area (Å²) in [5.74, 6) is 0.779. The molecular weight excluding hydrogens is 278 g/mol. The Morgan fingerprint density at radius 2 is 1.91 bits per heavy atom. The van der Waals surface area contributed by atoms with E-state index in [1.807, 2.05) is 26.1 Å². The Kier molecular flexibility index (Phi) is 9.92. The summed E-state index contributed by atoms with van der Waals surface area (Å²) in [6.07, 6.45) is 12.3. The van der Waals surface area contributed by atoms with E-state index in [4.69, 9.17) is 0 Å². The van der Waals surface area contributed by atoms with Gasteiger partial charge in [0.05, 0.1) is 11.9 Å². The second-order valence-electron chi connectivity index (χ2n) is 5.67. The highest BCUT2D eigenvalue weighted by Gasteiger charge is 2.17. The molecule has 0 radical (unpaired) electrons. The van der Waals surface area contributed by atoms with E-state index in [-0.39, 0.29) is 12.0 Å². The van der Waals surface area contributed by atoms with Crippen LogP contribution in [0.4, 0.5) is 11.5 Å². The fourth-order valence-corrected chi connectivity index (χ4v) is 1.98. The number of anilines is 2. The first-order chi connectivity index (χ1) is 10.6. The number of hydrogen-bond donors (Lipinski definition) is 3. The third kappa shape index (κ3) is 6.74. The first-order valence-electron chi connectivity index (χ1n) is 7.44. The maximum Gasteiger partial charge on any atom is 0.150 e. The van der Waals surface area contributed by atoms with Gasteiger partial charge in [-0.05, 0) is 19.9 Å². The van der Waals surface area contributed by atoms with Gasteiger partial charge in [-0.3, -0.25) is 0 Å². The van der Waals surface area contributed by atoms with Crippen LogP contribution in [0.15, 0.2) is 12.3 Å². The number of aromatic nitrogens is 2. The van der Waals surface area contributed by atoms with Crippen LogP contribution in [0.3, 0.4) is 0 Å². The quantitative estimate of drug-likeness (QED) is 0.711. The van der Waals surface area contributed by atoms with E-state index in [0.29, 0.717) is 6.54 Å². The summed E-state index contributed by atoms with van der Waals surface area (Å²) < 4.78 is 0. The molecule has 6 heteroatoms. The van der Waals surface area contributed by atoms with Gasteiger partial charge in [-0.2, -0.15) is 5.10 Å². The van der Waals surface area contributed by atoms with Crippen LogP contribution in [-0.2, 0) is 0 Å². The average molecular weight is 307 g/mol. The third-order valence-electron chi connectivity index (χ3n) is 3.29. The molecule has 0 saturated carbocycles. The molecule has 0 aromatic carbocycles. The van der Waals surface area contributed by atoms with Gasteiger partial charge in [0.1, 0.15) is 0 Å². The number of nitrogens with zero attached hydrogens (tertiary/aromatic N) is 3. The van der Waals surface area contributed by atoms with Crippen LogP contribution in [0, 0.1) is 18.3 Å². The zero-order valence-corrected chi connectivity index (χ0v) is 13.9.